The molecule has 11 heteroatoms. The highest BCUT2D eigenvalue weighted by atomic mass is 35.5. The smallest absolute Gasteiger partial charge is 0.231 e. The summed E-state index contributed by atoms with van der Waals surface area (Å²) in [6, 6.07) is 11.2. The minimum absolute atomic E-state index is 0.0135. The van der Waals surface area contributed by atoms with Crippen LogP contribution >= 0.6 is 58.0 Å². The maximum atomic E-state index is 14.8. The van der Waals surface area contributed by atoms with E-state index in [1.165, 1.54) is 31.2 Å². The summed E-state index contributed by atoms with van der Waals surface area (Å²) in [6.45, 7) is 1.28. The van der Waals surface area contributed by atoms with Gasteiger partial charge in [0.1, 0.15) is 21.8 Å². The van der Waals surface area contributed by atoms with Crippen molar-refractivity contribution >= 4 is 81.2 Å². The normalized spacial score (nSPS) is 17.7. The van der Waals surface area contributed by atoms with Gasteiger partial charge in [-0.25, -0.2) is 8.78 Å². The van der Waals surface area contributed by atoms with Crippen LogP contribution in [0.3, 0.4) is 0 Å². The molecular formula is C27H18Cl5F2NO3. The lowest BCUT2D eigenvalue weighted by Crippen LogP contribution is -2.17. The second-order valence-corrected chi connectivity index (χ2v) is 11.6. The third-order valence-corrected chi connectivity index (χ3v) is 8.22. The number of halogens is 7. The van der Waals surface area contributed by atoms with Crippen LogP contribution in [0, 0.1) is 17.6 Å². The fraction of sp³-hybridized carbons (Fsp3) is 0.222. The molecule has 0 radical (unpaired) electrons. The van der Waals surface area contributed by atoms with Crippen LogP contribution in [0.1, 0.15) is 39.9 Å². The monoisotopic (exact) mass is 617 g/mol. The molecule has 3 aromatic carbocycles. The molecule has 2 atom stereocenters. The number of nitrogens with one attached hydrogen (secondary N) is 1. The maximum absolute atomic E-state index is 14.8. The Balaban J connectivity index is 1.53. The highest BCUT2D eigenvalue weighted by molar-refractivity contribution is 6.53. The highest BCUT2D eigenvalue weighted by Crippen LogP contribution is 2.65. The summed E-state index contributed by atoms with van der Waals surface area (Å²) >= 11 is 31.0. The van der Waals surface area contributed by atoms with Gasteiger partial charge in [-0.05, 0) is 54.4 Å². The van der Waals surface area contributed by atoms with Crippen molar-refractivity contribution in [2.75, 3.05) is 5.32 Å². The second-order valence-electron chi connectivity index (χ2n) is 8.97. The van der Waals surface area contributed by atoms with Crippen molar-refractivity contribution in [1.82, 2.24) is 0 Å². The minimum atomic E-state index is -1.40. The van der Waals surface area contributed by atoms with E-state index < -0.39 is 51.5 Å². The number of hydrogen-bond acceptors (Lipinski definition) is 3. The highest BCUT2D eigenvalue weighted by Gasteiger charge is 2.67. The number of anilines is 1. The number of benzene rings is 3. The summed E-state index contributed by atoms with van der Waals surface area (Å²) in [5.74, 6) is -4.78. The maximum Gasteiger partial charge on any atom is 0.231 e. The second kappa shape index (κ2) is 11.1. The molecule has 198 valence electrons. The molecule has 0 heterocycles. The Morgan fingerprint density at radius 1 is 0.895 bits per heavy atom. The number of carbonyl (C=O) groups excluding carboxylic acids is 3. The van der Waals surface area contributed by atoms with E-state index in [4.69, 9.17) is 58.0 Å². The van der Waals surface area contributed by atoms with Crippen molar-refractivity contribution < 1.29 is 23.2 Å². The summed E-state index contributed by atoms with van der Waals surface area (Å²) in [7, 11) is 0. The zero-order valence-corrected chi connectivity index (χ0v) is 23.3. The molecule has 3 aromatic rings. The summed E-state index contributed by atoms with van der Waals surface area (Å²) in [6.07, 6.45) is -0.877. The van der Waals surface area contributed by atoms with E-state index >= 15 is 0 Å². The fourth-order valence-electron chi connectivity index (χ4n) is 4.28. The van der Waals surface area contributed by atoms with Crippen LogP contribution in [0.25, 0.3) is 0 Å². The molecule has 1 aliphatic rings. The Morgan fingerprint density at radius 2 is 1.58 bits per heavy atom. The Hall–Kier alpha value is -2.22. The first-order chi connectivity index (χ1) is 17.8. The fourth-order valence-corrected chi connectivity index (χ4v) is 5.64. The first kappa shape index (κ1) is 28.8. The van der Waals surface area contributed by atoms with Gasteiger partial charge in [0.05, 0.1) is 21.0 Å². The van der Waals surface area contributed by atoms with Crippen molar-refractivity contribution in [2.45, 2.75) is 30.0 Å². The molecule has 0 spiro atoms. The van der Waals surface area contributed by atoms with Crippen LogP contribution in [0.5, 0.6) is 0 Å². The van der Waals surface area contributed by atoms with E-state index in [1.807, 2.05) is 0 Å². The summed E-state index contributed by atoms with van der Waals surface area (Å²) in [5, 5.41) is 3.32. The Bertz CT molecular complexity index is 1480. The van der Waals surface area contributed by atoms with Crippen molar-refractivity contribution in [3.63, 3.8) is 0 Å². The molecule has 1 N–H and O–H groups in total. The Morgan fingerprint density at radius 3 is 2.24 bits per heavy atom. The van der Waals surface area contributed by atoms with E-state index in [0.29, 0.717) is 15.6 Å². The number of ketones is 2. The molecule has 4 rings (SSSR count). The first-order valence-electron chi connectivity index (χ1n) is 11.2. The zero-order valence-electron chi connectivity index (χ0n) is 19.6. The van der Waals surface area contributed by atoms with Gasteiger partial charge in [-0.3, -0.25) is 14.4 Å². The van der Waals surface area contributed by atoms with E-state index in [1.54, 1.807) is 18.2 Å². The topological polar surface area (TPSA) is 63.2 Å². The summed E-state index contributed by atoms with van der Waals surface area (Å²) in [4.78, 5) is 37.4. The molecule has 0 aliphatic heterocycles. The zero-order chi connectivity index (χ0) is 27.9. The van der Waals surface area contributed by atoms with Gasteiger partial charge < -0.3 is 5.32 Å². The summed E-state index contributed by atoms with van der Waals surface area (Å²) < 4.78 is 27.8. The number of alkyl halides is 2. The van der Waals surface area contributed by atoms with Crippen LogP contribution in [-0.4, -0.2) is 21.8 Å². The average Bonchev–Trinajstić information content (AvgIpc) is 3.43. The molecule has 1 fully saturated rings. The molecule has 0 unspecified atom stereocenters. The van der Waals surface area contributed by atoms with Gasteiger partial charge in [-0.2, -0.15) is 0 Å². The van der Waals surface area contributed by atoms with Gasteiger partial charge in [0.2, 0.25) is 5.91 Å². The van der Waals surface area contributed by atoms with Gasteiger partial charge in [0, 0.05) is 35.6 Å². The molecule has 0 aromatic heterocycles. The van der Waals surface area contributed by atoms with Gasteiger partial charge in [0.15, 0.2) is 5.78 Å². The van der Waals surface area contributed by atoms with Crippen LogP contribution in [-0.2, 0) is 22.4 Å². The van der Waals surface area contributed by atoms with E-state index in [2.05, 4.69) is 5.32 Å². The number of rotatable bonds is 8. The predicted octanol–water partition coefficient (Wildman–Crippen LogP) is 8.01. The van der Waals surface area contributed by atoms with Gasteiger partial charge in [0.25, 0.3) is 0 Å². The molecule has 38 heavy (non-hydrogen) atoms. The van der Waals surface area contributed by atoms with Gasteiger partial charge in [-0.15, -0.1) is 23.2 Å². The molecular weight excluding hydrogens is 602 g/mol. The van der Waals surface area contributed by atoms with E-state index in [-0.39, 0.29) is 34.0 Å². The van der Waals surface area contributed by atoms with Gasteiger partial charge >= 0.3 is 0 Å². The van der Waals surface area contributed by atoms with E-state index in [0.717, 1.165) is 6.07 Å². The SMILES string of the molecule is CC(=O)Cc1ccc(F)c(CC(=O)c2cc(NC(=O)[C@H]3[C@H](c4ccc(Cl)c(Cl)c4)C3(Cl)Cl)ccc2Cl)c1F. The standard InChI is InChI=1S/C27H18Cl5F2NO3/c1-12(36)8-14-3-7-21(33)17(25(14)34)11-22(37)16-10-15(4-6-18(16)28)35-26(38)24-23(27(24,31)32)13-2-5-19(29)20(30)9-13/h2-7,9-10,23-24H,8,11H2,1H3,(H,35,38)/t23-,24+/m0/s1. The Labute approximate surface area is 242 Å². The lowest BCUT2D eigenvalue weighted by molar-refractivity contribution is -0.117. The third-order valence-electron chi connectivity index (χ3n) is 6.22. The molecule has 1 amide bonds. The Kier molecular flexibility index (Phi) is 8.41. The quantitative estimate of drug-likeness (QED) is 0.205. The molecule has 1 aliphatic carbocycles. The first-order valence-corrected chi connectivity index (χ1v) is 13.1. The third kappa shape index (κ3) is 5.85. The van der Waals surface area contributed by atoms with Crippen LogP contribution in [0.15, 0.2) is 48.5 Å². The minimum Gasteiger partial charge on any atom is -0.326 e. The lowest BCUT2D eigenvalue weighted by Gasteiger charge is -2.11. The van der Waals surface area contributed by atoms with Gasteiger partial charge in [-0.1, -0.05) is 46.9 Å². The number of hydrogen-bond donors (Lipinski definition) is 1. The van der Waals surface area contributed by atoms with Crippen molar-refractivity contribution in [1.29, 1.82) is 0 Å². The molecule has 4 nitrogen and oxygen atoms in total. The van der Waals surface area contributed by atoms with Crippen molar-refractivity contribution in [2.24, 2.45) is 5.92 Å². The van der Waals surface area contributed by atoms with Crippen molar-refractivity contribution in [3.8, 4) is 0 Å². The lowest BCUT2D eigenvalue weighted by atomic mass is 9.98. The molecule has 0 saturated heterocycles. The van der Waals surface area contributed by atoms with E-state index in [9.17, 15) is 23.2 Å². The molecule has 1 saturated carbocycles. The van der Waals surface area contributed by atoms with Crippen LogP contribution in [0.2, 0.25) is 15.1 Å². The number of Topliss-reactive ketones (excluding diaryl/α,β-unsaturated/α-hetero) is 2. The van der Waals surface area contributed by atoms with Crippen molar-refractivity contribution in [3.05, 3.63) is 97.5 Å². The molecule has 0 bridgehead atoms. The summed E-state index contributed by atoms with van der Waals surface area (Å²) in [5.41, 5.74) is 0.293. The number of carbonyl (C=O) groups is 3. The average molecular weight is 620 g/mol. The van der Waals surface area contributed by atoms with Crippen LogP contribution in [0.4, 0.5) is 14.5 Å². The number of amides is 1. The largest absolute Gasteiger partial charge is 0.326 e. The predicted molar refractivity (Wildman–Crippen MR) is 146 cm³/mol. The van der Waals surface area contributed by atoms with Crippen LogP contribution < -0.4 is 5.32 Å².